The Labute approximate surface area is 262 Å². The Balaban J connectivity index is 0.977. The first-order valence-electron chi connectivity index (χ1n) is 15.6. The van der Waals surface area contributed by atoms with E-state index in [0.29, 0.717) is 31.0 Å². The van der Waals surface area contributed by atoms with Gasteiger partial charge in [0.1, 0.15) is 0 Å². The topological polar surface area (TPSA) is 147 Å². The average molecular weight is 630 g/mol. The van der Waals surface area contributed by atoms with Crippen LogP contribution in [0.15, 0.2) is 88.7 Å². The Morgan fingerprint density at radius 1 is 0.978 bits per heavy atom. The number of tetrazole rings is 1. The Morgan fingerprint density at radius 3 is 2.53 bits per heavy atom. The van der Waals surface area contributed by atoms with Crippen LogP contribution in [0.1, 0.15) is 55.8 Å². The van der Waals surface area contributed by atoms with Crippen LogP contribution in [0.4, 0.5) is 5.69 Å². The number of rotatable bonds is 14. The van der Waals surface area contributed by atoms with Crippen LogP contribution in [0.3, 0.4) is 0 Å². The zero-order valence-electron chi connectivity index (χ0n) is 25.1. The van der Waals surface area contributed by atoms with E-state index in [0.717, 1.165) is 47.2 Å². The van der Waals surface area contributed by atoms with Gasteiger partial charge in [-0.15, -0.1) is 0 Å². The maximum atomic E-state index is 13.0. The largest absolute Gasteiger partial charge is 0.387 e. The monoisotopic (exact) mass is 629 g/mol. The van der Waals surface area contributed by atoms with E-state index < -0.39 is 16.1 Å². The fraction of sp³-hybridized carbons (Fsp3) is 0.364. The van der Waals surface area contributed by atoms with Gasteiger partial charge in [-0.25, -0.2) is 13.2 Å². The highest BCUT2D eigenvalue weighted by Crippen LogP contribution is 2.28. The van der Waals surface area contributed by atoms with E-state index in [4.69, 9.17) is 0 Å². The summed E-state index contributed by atoms with van der Waals surface area (Å²) in [7, 11) is -3.84. The summed E-state index contributed by atoms with van der Waals surface area (Å²) in [5.41, 5.74) is 3.50. The molecule has 2 aromatic heterocycles. The molecule has 1 fully saturated rings. The molecule has 2 heterocycles. The lowest BCUT2D eigenvalue weighted by Crippen LogP contribution is -2.24. The first-order valence-corrected chi connectivity index (χ1v) is 17.0. The summed E-state index contributed by atoms with van der Waals surface area (Å²) >= 11 is 0. The van der Waals surface area contributed by atoms with Gasteiger partial charge in [0.25, 0.3) is 10.0 Å². The summed E-state index contributed by atoms with van der Waals surface area (Å²) in [4.78, 5) is 16.0. The van der Waals surface area contributed by atoms with E-state index in [2.05, 4.69) is 25.4 Å². The second kappa shape index (κ2) is 13.8. The molecule has 0 bridgehead atoms. The fourth-order valence-electron chi connectivity index (χ4n) is 5.99. The Kier molecular flexibility index (Phi) is 9.43. The minimum atomic E-state index is -3.84. The molecule has 236 valence electrons. The van der Waals surface area contributed by atoms with E-state index in [1.54, 1.807) is 24.3 Å². The first kappa shape index (κ1) is 30.8. The molecule has 11 nitrogen and oxygen atoms in total. The lowest BCUT2D eigenvalue weighted by atomic mass is 10.0. The van der Waals surface area contributed by atoms with Crippen molar-refractivity contribution < 1.29 is 13.5 Å². The van der Waals surface area contributed by atoms with Gasteiger partial charge in [0.05, 0.1) is 16.7 Å². The van der Waals surface area contributed by atoms with Crippen molar-refractivity contribution in [3.8, 4) is 5.69 Å². The van der Waals surface area contributed by atoms with E-state index in [1.165, 1.54) is 47.2 Å². The van der Waals surface area contributed by atoms with Gasteiger partial charge in [-0.2, -0.15) is 9.36 Å². The number of hydrogen-bond acceptors (Lipinski definition) is 7. The third-order valence-corrected chi connectivity index (χ3v) is 9.98. The zero-order chi connectivity index (χ0) is 31.2. The third-order valence-electron chi connectivity index (χ3n) is 8.58. The number of aryl methyl sites for hydroxylation is 1. The van der Waals surface area contributed by atoms with Crippen LogP contribution in [0.2, 0.25) is 0 Å². The molecule has 0 saturated heterocycles. The molecular formula is C33H39N7O4S. The van der Waals surface area contributed by atoms with Crippen LogP contribution in [-0.4, -0.2) is 51.4 Å². The van der Waals surface area contributed by atoms with Crippen molar-refractivity contribution >= 4 is 26.6 Å². The summed E-state index contributed by atoms with van der Waals surface area (Å²) in [6.07, 6.45) is 9.12. The van der Waals surface area contributed by atoms with Crippen LogP contribution < -0.4 is 15.7 Å². The second-order valence-electron chi connectivity index (χ2n) is 11.8. The maximum absolute atomic E-state index is 13.0. The highest BCUT2D eigenvalue weighted by Gasteiger charge is 2.17. The molecule has 3 aromatic carbocycles. The predicted molar refractivity (Wildman–Crippen MR) is 174 cm³/mol. The van der Waals surface area contributed by atoms with Crippen molar-refractivity contribution in [2.45, 2.75) is 62.5 Å². The van der Waals surface area contributed by atoms with Crippen molar-refractivity contribution in [2.75, 3.05) is 17.8 Å². The number of aromatic nitrogens is 5. The summed E-state index contributed by atoms with van der Waals surface area (Å²) in [6, 6.07) is 21.1. The number of aliphatic hydroxyl groups is 1. The Hall–Kier alpha value is -4.26. The van der Waals surface area contributed by atoms with Crippen molar-refractivity contribution in [2.24, 2.45) is 5.92 Å². The van der Waals surface area contributed by atoms with Gasteiger partial charge < -0.3 is 15.4 Å². The number of nitrogens with one attached hydrogen (secondary N) is 3. The first-order chi connectivity index (χ1) is 21.9. The molecule has 4 N–H and O–H groups in total. The van der Waals surface area contributed by atoms with Gasteiger partial charge in [-0.1, -0.05) is 43.9 Å². The van der Waals surface area contributed by atoms with E-state index in [1.807, 2.05) is 42.6 Å². The molecule has 0 aliphatic heterocycles. The SMILES string of the molecule is O=c1n(CCCC2CCCC2)nnn1-c1ccc(S(=O)(=O)Nc2ccc(CCNCC(O)c3ccc4[nH]ccc4c3)cc2)cc1. The molecular weight excluding hydrogens is 590 g/mol. The standard InChI is InChI=1S/C33H39N7O4S/c41-32(27-9-16-31-26(22-27)18-20-35-31)23-34-19-17-25-7-10-28(11-8-25)36-45(43,44)30-14-12-29(13-15-30)40-33(42)39(37-38-40)21-3-6-24-4-1-2-5-24/h7-16,18,20,22,24,32,34-36,41H,1-6,17,19,21,23H2. The quantitative estimate of drug-likeness (QED) is 0.132. The molecule has 1 aliphatic carbocycles. The molecule has 1 aliphatic rings. The molecule has 1 saturated carbocycles. The van der Waals surface area contributed by atoms with Crippen LogP contribution in [0.5, 0.6) is 0 Å². The number of fused-ring (bicyclic) bond motifs is 1. The summed E-state index contributed by atoms with van der Waals surface area (Å²) < 4.78 is 31.2. The molecule has 0 radical (unpaired) electrons. The summed E-state index contributed by atoms with van der Waals surface area (Å²) in [5, 5.41) is 22.9. The lowest BCUT2D eigenvalue weighted by Gasteiger charge is -2.13. The zero-order valence-corrected chi connectivity index (χ0v) is 25.9. The normalized spacial score (nSPS) is 14.7. The minimum Gasteiger partial charge on any atom is -0.387 e. The number of anilines is 1. The highest BCUT2D eigenvalue weighted by molar-refractivity contribution is 7.92. The summed E-state index contributed by atoms with van der Waals surface area (Å²) in [6.45, 7) is 1.62. The Bertz CT molecular complexity index is 1870. The van der Waals surface area contributed by atoms with Gasteiger partial charge in [-0.05, 0) is 113 Å². The highest BCUT2D eigenvalue weighted by atomic mass is 32.2. The molecule has 6 rings (SSSR count). The van der Waals surface area contributed by atoms with Gasteiger partial charge in [0.2, 0.25) is 0 Å². The molecule has 12 heteroatoms. The molecule has 0 amide bonds. The van der Waals surface area contributed by atoms with Gasteiger partial charge in [-0.3, -0.25) is 4.72 Å². The molecule has 0 spiro atoms. The number of aliphatic hydroxyl groups excluding tert-OH is 1. The average Bonchev–Trinajstić information content (AvgIpc) is 3.82. The van der Waals surface area contributed by atoms with E-state index in [-0.39, 0.29) is 10.6 Å². The number of sulfonamides is 1. The second-order valence-corrected chi connectivity index (χ2v) is 13.5. The predicted octanol–water partition coefficient (Wildman–Crippen LogP) is 4.55. The van der Waals surface area contributed by atoms with Crippen LogP contribution in [0, 0.1) is 5.92 Å². The number of benzene rings is 3. The third kappa shape index (κ3) is 7.52. The number of H-pyrrole nitrogens is 1. The van der Waals surface area contributed by atoms with Crippen molar-refractivity contribution in [1.82, 2.24) is 30.1 Å². The van der Waals surface area contributed by atoms with E-state index >= 15 is 0 Å². The molecule has 1 atom stereocenters. The summed E-state index contributed by atoms with van der Waals surface area (Å²) in [5.74, 6) is 0.752. The lowest BCUT2D eigenvalue weighted by molar-refractivity contribution is 0.175. The molecule has 1 unspecified atom stereocenters. The smallest absolute Gasteiger partial charge is 0.368 e. The number of hydrogen-bond donors (Lipinski definition) is 4. The minimum absolute atomic E-state index is 0.0748. The van der Waals surface area contributed by atoms with Crippen molar-refractivity contribution in [3.63, 3.8) is 0 Å². The van der Waals surface area contributed by atoms with Crippen LogP contribution >= 0.6 is 0 Å². The van der Waals surface area contributed by atoms with Gasteiger partial charge >= 0.3 is 5.69 Å². The van der Waals surface area contributed by atoms with Gasteiger partial charge in [0.15, 0.2) is 0 Å². The Morgan fingerprint density at radius 2 is 1.76 bits per heavy atom. The van der Waals surface area contributed by atoms with E-state index in [9.17, 15) is 18.3 Å². The van der Waals surface area contributed by atoms with Crippen molar-refractivity contribution in [1.29, 1.82) is 0 Å². The maximum Gasteiger partial charge on any atom is 0.368 e. The van der Waals surface area contributed by atoms with Gasteiger partial charge in [0, 0.05) is 30.5 Å². The van der Waals surface area contributed by atoms with Crippen molar-refractivity contribution in [3.05, 3.63) is 101 Å². The molecule has 5 aromatic rings. The number of aromatic amines is 1. The number of nitrogens with zero attached hydrogens (tertiary/aromatic N) is 4. The molecule has 45 heavy (non-hydrogen) atoms. The fourth-order valence-corrected chi connectivity index (χ4v) is 7.05. The van der Waals surface area contributed by atoms with Crippen LogP contribution in [-0.2, 0) is 23.0 Å². The van der Waals surface area contributed by atoms with Crippen LogP contribution in [0.25, 0.3) is 16.6 Å².